The number of nitrogens with one attached hydrogen (secondary N) is 1. The largest absolute Gasteiger partial charge is 0.491 e. The fourth-order valence-electron chi connectivity index (χ4n) is 3.73. The van der Waals surface area contributed by atoms with Gasteiger partial charge in [0.05, 0.1) is 6.54 Å². The lowest BCUT2D eigenvalue weighted by Crippen LogP contribution is -2.43. The topological polar surface area (TPSA) is 78.9 Å². The van der Waals surface area contributed by atoms with Crippen LogP contribution >= 0.6 is 0 Å². The molecule has 0 bridgehead atoms. The van der Waals surface area contributed by atoms with Crippen LogP contribution in [0, 0.1) is 0 Å². The third-order valence-electron chi connectivity index (χ3n) is 5.00. The number of urea groups is 1. The molecule has 1 saturated heterocycles. The Morgan fingerprint density at radius 2 is 1.85 bits per heavy atom. The van der Waals surface area contributed by atoms with Crippen LogP contribution in [0.3, 0.4) is 0 Å². The number of aliphatic hydroxyl groups is 1. The molecule has 26 heavy (non-hydrogen) atoms. The first-order chi connectivity index (χ1) is 12.6. The van der Waals surface area contributed by atoms with Crippen LogP contribution in [0.15, 0.2) is 54.6 Å². The highest BCUT2D eigenvalue weighted by Gasteiger charge is 2.55. The van der Waals surface area contributed by atoms with Gasteiger partial charge < -0.3 is 15.2 Å². The fraction of sp³-hybridized carbons (Fsp3) is 0.300. The zero-order valence-corrected chi connectivity index (χ0v) is 14.2. The maximum atomic E-state index is 13.0. The molecule has 1 spiro atoms. The number of rotatable bonds is 5. The minimum Gasteiger partial charge on any atom is -0.491 e. The maximum absolute atomic E-state index is 13.0. The molecule has 2 aromatic carbocycles. The molecule has 2 aromatic rings. The average molecular weight is 352 g/mol. The number of para-hydroxylation sites is 1. The van der Waals surface area contributed by atoms with Gasteiger partial charge in [-0.25, -0.2) is 4.79 Å². The van der Waals surface area contributed by atoms with Gasteiger partial charge in [0.2, 0.25) is 0 Å². The molecular weight excluding hydrogens is 332 g/mol. The fourth-order valence-corrected chi connectivity index (χ4v) is 3.73. The highest BCUT2D eigenvalue weighted by Crippen LogP contribution is 2.41. The van der Waals surface area contributed by atoms with Gasteiger partial charge in [-0.15, -0.1) is 0 Å². The van der Waals surface area contributed by atoms with Crippen molar-refractivity contribution in [2.45, 2.75) is 24.5 Å². The molecule has 1 fully saturated rings. The van der Waals surface area contributed by atoms with Gasteiger partial charge in [-0.05, 0) is 36.1 Å². The van der Waals surface area contributed by atoms with E-state index in [1.54, 1.807) is 12.1 Å². The van der Waals surface area contributed by atoms with E-state index in [4.69, 9.17) is 4.74 Å². The maximum Gasteiger partial charge on any atom is 0.325 e. The molecule has 1 aliphatic heterocycles. The van der Waals surface area contributed by atoms with Crippen LogP contribution in [-0.4, -0.2) is 41.2 Å². The first-order valence-corrected chi connectivity index (χ1v) is 8.68. The summed E-state index contributed by atoms with van der Waals surface area (Å²) in [5.41, 5.74) is 0.945. The number of fused-ring (bicyclic) bond motifs is 2. The molecule has 0 radical (unpaired) electrons. The summed E-state index contributed by atoms with van der Waals surface area (Å²) in [6.45, 7) is -0.0912. The second kappa shape index (κ2) is 6.46. The van der Waals surface area contributed by atoms with Crippen LogP contribution < -0.4 is 10.1 Å². The number of hydrogen-bond acceptors (Lipinski definition) is 4. The van der Waals surface area contributed by atoms with Crippen LogP contribution in [0.1, 0.15) is 17.5 Å². The number of hydrogen-bond donors (Lipinski definition) is 2. The van der Waals surface area contributed by atoms with Gasteiger partial charge in [0, 0.05) is 0 Å². The summed E-state index contributed by atoms with van der Waals surface area (Å²) < 4.78 is 5.50. The number of aliphatic hydroxyl groups excluding tert-OH is 1. The number of ether oxygens (including phenoxy) is 1. The Bertz CT molecular complexity index is 839. The molecule has 6 nitrogen and oxygen atoms in total. The molecule has 2 N–H and O–H groups in total. The smallest absolute Gasteiger partial charge is 0.325 e. The van der Waals surface area contributed by atoms with E-state index in [-0.39, 0.29) is 19.1 Å². The molecule has 2 atom stereocenters. The standard InChI is InChI=1S/C20H20N2O4/c23-15(13-26-16-7-2-1-3-8-16)12-22-18(24)20(21-19(22)25)11-10-14-6-4-5-9-17(14)20/h1-9,15,23H,10-13H2,(H,21,25)/t15-,20-/m1/s1. The van der Waals surface area contributed by atoms with E-state index in [9.17, 15) is 14.7 Å². The molecule has 2 aliphatic rings. The highest BCUT2D eigenvalue weighted by atomic mass is 16.5. The van der Waals surface area contributed by atoms with Crippen LogP contribution in [0.4, 0.5) is 4.79 Å². The number of aryl methyl sites for hydroxylation is 1. The van der Waals surface area contributed by atoms with Crippen molar-refractivity contribution in [1.82, 2.24) is 10.2 Å². The van der Waals surface area contributed by atoms with Gasteiger partial charge in [0.25, 0.3) is 5.91 Å². The Hall–Kier alpha value is -2.86. The number of β-amino-alcohol motifs (C(OH)–C–C–N with tert-alkyl or cyclic N) is 1. The number of carbonyl (C=O) groups is 2. The average Bonchev–Trinajstić information content (AvgIpc) is 3.15. The summed E-state index contributed by atoms with van der Waals surface area (Å²) in [6.07, 6.45) is 0.330. The molecule has 3 amide bonds. The van der Waals surface area contributed by atoms with E-state index in [0.717, 1.165) is 22.4 Å². The van der Waals surface area contributed by atoms with E-state index in [0.29, 0.717) is 12.2 Å². The van der Waals surface area contributed by atoms with E-state index < -0.39 is 17.7 Å². The lowest BCUT2D eigenvalue weighted by molar-refractivity contribution is -0.132. The van der Waals surface area contributed by atoms with Crippen molar-refractivity contribution in [2.75, 3.05) is 13.2 Å². The second-order valence-corrected chi connectivity index (χ2v) is 6.69. The monoisotopic (exact) mass is 352 g/mol. The number of nitrogens with zero attached hydrogens (tertiary/aromatic N) is 1. The zero-order chi connectivity index (χ0) is 18.1. The summed E-state index contributed by atoms with van der Waals surface area (Å²) >= 11 is 0. The van der Waals surface area contributed by atoms with Crippen molar-refractivity contribution in [3.8, 4) is 5.75 Å². The molecule has 0 aromatic heterocycles. The Kier molecular flexibility index (Phi) is 4.12. The van der Waals surface area contributed by atoms with Crippen LogP contribution in [0.2, 0.25) is 0 Å². The highest BCUT2D eigenvalue weighted by molar-refractivity contribution is 6.08. The lowest BCUT2D eigenvalue weighted by atomic mass is 9.92. The van der Waals surface area contributed by atoms with E-state index in [1.165, 1.54) is 0 Å². The number of imide groups is 1. The van der Waals surface area contributed by atoms with Gasteiger partial charge in [0.1, 0.15) is 24.0 Å². The van der Waals surface area contributed by atoms with E-state index in [2.05, 4.69) is 5.32 Å². The Balaban J connectivity index is 1.45. The normalized spacial score (nSPS) is 22.4. The summed E-state index contributed by atoms with van der Waals surface area (Å²) in [5.74, 6) is 0.330. The minimum atomic E-state index is -0.992. The number of benzene rings is 2. The summed E-state index contributed by atoms with van der Waals surface area (Å²) in [7, 11) is 0. The summed E-state index contributed by atoms with van der Waals surface area (Å²) in [4.78, 5) is 26.5. The van der Waals surface area contributed by atoms with Crippen molar-refractivity contribution in [2.24, 2.45) is 0 Å². The SMILES string of the molecule is O=C1N[C@@]2(CCc3ccccc32)C(=O)N1C[C@@H](O)COc1ccccc1. The van der Waals surface area contributed by atoms with Crippen LogP contribution in [0.5, 0.6) is 5.75 Å². The van der Waals surface area contributed by atoms with E-state index >= 15 is 0 Å². The summed E-state index contributed by atoms with van der Waals surface area (Å²) in [5, 5.41) is 13.1. The van der Waals surface area contributed by atoms with Crippen LogP contribution in [0.25, 0.3) is 0 Å². The Morgan fingerprint density at radius 3 is 2.65 bits per heavy atom. The minimum absolute atomic E-state index is 0.00462. The number of carbonyl (C=O) groups excluding carboxylic acids is 2. The first kappa shape index (κ1) is 16.6. The van der Waals surface area contributed by atoms with Gasteiger partial charge in [-0.3, -0.25) is 9.69 Å². The predicted molar refractivity (Wildman–Crippen MR) is 94.6 cm³/mol. The molecule has 0 unspecified atom stereocenters. The molecule has 134 valence electrons. The molecule has 0 saturated carbocycles. The Morgan fingerprint density at radius 1 is 1.12 bits per heavy atom. The molecule has 4 rings (SSSR count). The molecule has 1 heterocycles. The quantitative estimate of drug-likeness (QED) is 0.805. The van der Waals surface area contributed by atoms with Crippen molar-refractivity contribution in [1.29, 1.82) is 0 Å². The van der Waals surface area contributed by atoms with Gasteiger partial charge >= 0.3 is 6.03 Å². The van der Waals surface area contributed by atoms with Gasteiger partial charge in [0.15, 0.2) is 0 Å². The van der Waals surface area contributed by atoms with E-state index in [1.807, 2.05) is 42.5 Å². The van der Waals surface area contributed by atoms with Crippen molar-refractivity contribution in [3.05, 3.63) is 65.7 Å². The van der Waals surface area contributed by atoms with Crippen LogP contribution in [-0.2, 0) is 16.8 Å². The Labute approximate surface area is 151 Å². The lowest BCUT2D eigenvalue weighted by Gasteiger charge is -2.23. The van der Waals surface area contributed by atoms with Crippen molar-refractivity contribution >= 4 is 11.9 Å². The molecule has 1 aliphatic carbocycles. The van der Waals surface area contributed by atoms with Crippen molar-refractivity contribution in [3.63, 3.8) is 0 Å². The molecule has 6 heteroatoms. The third kappa shape index (κ3) is 2.72. The van der Waals surface area contributed by atoms with Gasteiger partial charge in [-0.1, -0.05) is 42.5 Å². The van der Waals surface area contributed by atoms with Crippen molar-refractivity contribution < 1.29 is 19.4 Å². The predicted octanol–water partition coefficient (Wildman–Crippen LogP) is 1.82. The molecular formula is C20H20N2O4. The third-order valence-corrected chi connectivity index (χ3v) is 5.00. The summed E-state index contributed by atoms with van der Waals surface area (Å²) in [6, 6.07) is 16.3. The number of amides is 3. The second-order valence-electron chi connectivity index (χ2n) is 6.69. The first-order valence-electron chi connectivity index (χ1n) is 8.68. The van der Waals surface area contributed by atoms with Gasteiger partial charge in [-0.2, -0.15) is 0 Å². The zero-order valence-electron chi connectivity index (χ0n) is 14.2.